The van der Waals surface area contributed by atoms with E-state index < -0.39 is 0 Å². The van der Waals surface area contributed by atoms with Crippen LogP contribution in [0.15, 0.2) is 84.9 Å². The molecule has 1 aromatic heterocycles. The molecule has 0 atom stereocenters. The van der Waals surface area contributed by atoms with Gasteiger partial charge in [0.05, 0.1) is 23.5 Å². The lowest BCUT2D eigenvalue weighted by Crippen LogP contribution is -2.36. The van der Waals surface area contributed by atoms with Gasteiger partial charge in [-0.1, -0.05) is 48.5 Å². The normalized spacial score (nSPS) is 10.9. The maximum Gasteiger partial charge on any atom is 0.254 e. The number of rotatable bonds is 7. The quantitative estimate of drug-likeness (QED) is 0.338. The molecule has 1 heterocycles. The summed E-state index contributed by atoms with van der Waals surface area (Å²) in [6, 6.07) is 27.2. The second-order valence-corrected chi connectivity index (χ2v) is 8.43. The molecule has 0 saturated carbocycles. The molecule has 1 amide bonds. The molecule has 0 radical (unpaired) electrons. The van der Waals surface area contributed by atoms with E-state index in [-0.39, 0.29) is 11.9 Å². The molecular formula is C28H29N3O2. The Morgan fingerprint density at radius 1 is 0.939 bits per heavy atom. The maximum atomic E-state index is 13.4. The zero-order chi connectivity index (χ0) is 23.4. The molecule has 0 unspecified atom stereocenters. The fraction of sp³-hybridized carbons (Fsp3) is 0.214. The van der Waals surface area contributed by atoms with Gasteiger partial charge in [-0.2, -0.15) is 5.10 Å². The van der Waals surface area contributed by atoms with Crippen LogP contribution in [0.25, 0.3) is 5.69 Å². The molecule has 5 heteroatoms. The van der Waals surface area contributed by atoms with Gasteiger partial charge in [-0.25, -0.2) is 4.68 Å². The Morgan fingerprint density at radius 2 is 1.61 bits per heavy atom. The fourth-order valence-electron chi connectivity index (χ4n) is 3.77. The molecule has 0 aliphatic carbocycles. The van der Waals surface area contributed by atoms with Crippen molar-refractivity contribution in [3.05, 3.63) is 107 Å². The monoisotopic (exact) mass is 439 g/mol. The van der Waals surface area contributed by atoms with E-state index in [4.69, 9.17) is 9.84 Å². The molecule has 0 fully saturated rings. The van der Waals surface area contributed by atoms with Crippen LogP contribution in [-0.2, 0) is 6.54 Å². The van der Waals surface area contributed by atoms with Crippen molar-refractivity contribution in [1.82, 2.24) is 14.7 Å². The van der Waals surface area contributed by atoms with Crippen molar-refractivity contribution in [3.63, 3.8) is 0 Å². The predicted octanol–water partition coefficient (Wildman–Crippen LogP) is 6.33. The first-order valence-corrected chi connectivity index (χ1v) is 11.2. The molecule has 4 aromatic rings. The first-order valence-electron chi connectivity index (χ1n) is 11.2. The van der Waals surface area contributed by atoms with E-state index in [1.807, 2.05) is 122 Å². The lowest BCUT2D eigenvalue weighted by atomic mass is 10.1. The number of carbonyl (C=O) groups is 1. The van der Waals surface area contributed by atoms with Crippen molar-refractivity contribution in [1.29, 1.82) is 0 Å². The third-order valence-electron chi connectivity index (χ3n) is 5.58. The number of aromatic nitrogens is 2. The highest BCUT2D eigenvalue weighted by Crippen LogP contribution is 2.32. The summed E-state index contributed by atoms with van der Waals surface area (Å²) >= 11 is 0. The summed E-state index contributed by atoms with van der Waals surface area (Å²) in [6.07, 6.45) is 0. The molecule has 0 aliphatic rings. The van der Waals surface area contributed by atoms with Gasteiger partial charge >= 0.3 is 0 Å². The SMILES string of the molecule is Cc1cccc(Oc2c(CN(C(=O)c3ccccc3)C(C)C)c(C)nn2-c2ccccc2)c1. The Balaban J connectivity index is 1.78. The van der Waals surface area contributed by atoms with Crippen LogP contribution < -0.4 is 4.74 Å². The van der Waals surface area contributed by atoms with Crippen LogP contribution >= 0.6 is 0 Å². The van der Waals surface area contributed by atoms with Crippen molar-refractivity contribution in [3.8, 4) is 17.3 Å². The van der Waals surface area contributed by atoms with Gasteiger partial charge < -0.3 is 9.64 Å². The standard InChI is InChI=1S/C28H29N3O2/c1-20(2)30(27(32)23-13-7-5-8-14-23)19-26-22(4)29-31(24-15-9-6-10-16-24)28(26)33-25-17-11-12-21(3)18-25/h5-18,20H,19H2,1-4H3. The summed E-state index contributed by atoms with van der Waals surface area (Å²) in [7, 11) is 0. The van der Waals surface area contributed by atoms with E-state index in [9.17, 15) is 4.79 Å². The van der Waals surface area contributed by atoms with Gasteiger partial charge in [0.1, 0.15) is 5.75 Å². The fourth-order valence-corrected chi connectivity index (χ4v) is 3.77. The number of hydrogen-bond donors (Lipinski definition) is 0. The Bertz CT molecular complexity index is 1230. The van der Waals surface area contributed by atoms with Gasteiger partial charge in [-0.3, -0.25) is 4.79 Å². The topological polar surface area (TPSA) is 47.4 Å². The number of para-hydroxylation sites is 1. The zero-order valence-electron chi connectivity index (χ0n) is 19.5. The molecular weight excluding hydrogens is 410 g/mol. The van der Waals surface area contributed by atoms with Gasteiger partial charge in [-0.15, -0.1) is 0 Å². The number of amides is 1. The van der Waals surface area contributed by atoms with Crippen LogP contribution in [-0.4, -0.2) is 26.6 Å². The first-order chi connectivity index (χ1) is 15.9. The number of benzene rings is 3. The molecule has 168 valence electrons. The van der Waals surface area contributed by atoms with Crippen molar-refractivity contribution in [2.45, 2.75) is 40.3 Å². The van der Waals surface area contributed by atoms with Crippen LogP contribution in [0.2, 0.25) is 0 Å². The minimum atomic E-state index is -0.0148. The second kappa shape index (κ2) is 9.74. The van der Waals surface area contributed by atoms with Crippen molar-refractivity contribution in [2.75, 3.05) is 0 Å². The Hall–Kier alpha value is -3.86. The number of aryl methyl sites for hydroxylation is 2. The van der Waals surface area contributed by atoms with E-state index >= 15 is 0 Å². The first kappa shape index (κ1) is 22.3. The van der Waals surface area contributed by atoms with Crippen molar-refractivity contribution in [2.24, 2.45) is 0 Å². The lowest BCUT2D eigenvalue weighted by molar-refractivity contribution is 0.0689. The van der Waals surface area contributed by atoms with Crippen molar-refractivity contribution >= 4 is 5.91 Å². The van der Waals surface area contributed by atoms with Gasteiger partial charge in [0.15, 0.2) is 0 Å². The Morgan fingerprint density at radius 3 is 2.24 bits per heavy atom. The molecule has 0 spiro atoms. The summed E-state index contributed by atoms with van der Waals surface area (Å²) in [4.78, 5) is 15.2. The number of carbonyl (C=O) groups excluding carboxylic acids is 1. The van der Waals surface area contributed by atoms with Crippen LogP contribution in [0.1, 0.15) is 41.0 Å². The molecule has 33 heavy (non-hydrogen) atoms. The zero-order valence-corrected chi connectivity index (χ0v) is 19.5. The van der Waals surface area contributed by atoms with E-state index in [1.54, 1.807) is 0 Å². The predicted molar refractivity (Wildman–Crippen MR) is 131 cm³/mol. The summed E-state index contributed by atoms with van der Waals surface area (Å²) in [5.74, 6) is 1.34. The van der Waals surface area contributed by atoms with E-state index in [0.717, 1.165) is 28.3 Å². The van der Waals surface area contributed by atoms with E-state index in [2.05, 4.69) is 0 Å². The average molecular weight is 440 g/mol. The van der Waals surface area contributed by atoms with Crippen LogP contribution in [0.5, 0.6) is 11.6 Å². The maximum absolute atomic E-state index is 13.4. The summed E-state index contributed by atoms with van der Waals surface area (Å²) in [5, 5.41) is 4.80. The average Bonchev–Trinajstić information content (AvgIpc) is 3.12. The number of nitrogens with zero attached hydrogens (tertiary/aromatic N) is 3. The highest BCUT2D eigenvalue weighted by atomic mass is 16.5. The van der Waals surface area contributed by atoms with E-state index in [0.29, 0.717) is 18.0 Å². The van der Waals surface area contributed by atoms with Crippen LogP contribution in [0, 0.1) is 13.8 Å². The van der Waals surface area contributed by atoms with Gasteiger partial charge in [-0.05, 0) is 69.7 Å². The summed E-state index contributed by atoms with van der Waals surface area (Å²) in [5.41, 5.74) is 4.39. The van der Waals surface area contributed by atoms with Crippen LogP contribution in [0.3, 0.4) is 0 Å². The minimum Gasteiger partial charge on any atom is -0.439 e. The summed E-state index contributed by atoms with van der Waals surface area (Å²) in [6.45, 7) is 8.44. The second-order valence-electron chi connectivity index (χ2n) is 8.43. The Labute approximate surface area is 195 Å². The molecule has 5 nitrogen and oxygen atoms in total. The highest BCUT2D eigenvalue weighted by molar-refractivity contribution is 5.94. The van der Waals surface area contributed by atoms with Crippen LogP contribution in [0.4, 0.5) is 0 Å². The Kier molecular flexibility index (Phi) is 6.59. The van der Waals surface area contributed by atoms with Gasteiger partial charge in [0, 0.05) is 11.6 Å². The van der Waals surface area contributed by atoms with Gasteiger partial charge in [0.25, 0.3) is 5.91 Å². The van der Waals surface area contributed by atoms with E-state index in [1.165, 1.54) is 0 Å². The molecule has 4 rings (SSSR count). The molecule has 3 aromatic carbocycles. The number of ether oxygens (including phenoxy) is 1. The van der Waals surface area contributed by atoms with Gasteiger partial charge in [0.2, 0.25) is 5.88 Å². The highest BCUT2D eigenvalue weighted by Gasteiger charge is 2.25. The molecule has 0 aliphatic heterocycles. The smallest absolute Gasteiger partial charge is 0.254 e. The molecule has 0 saturated heterocycles. The minimum absolute atomic E-state index is 0.00370. The third-order valence-corrected chi connectivity index (χ3v) is 5.58. The van der Waals surface area contributed by atoms with Crippen molar-refractivity contribution < 1.29 is 9.53 Å². The molecule has 0 N–H and O–H groups in total. The summed E-state index contributed by atoms with van der Waals surface area (Å²) < 4.78 is 8.24. The largest absolute Gasteiger partial charge is 0.439 e. The number of hydrogen-bond acceptors (Lipinski definition) is 3. The lowest BCUT2D eigenvalue weighted by Gasteiger charge is -2.27. The molecule has 0 bridgehead atoms. The third kappa shape index (κ3) is 4.98.